The minimum Gasteiger partial charge on any atom is -0.207 e. The smallest absolute Gasteiger partial charge is 0.126 e. The molecule has 144 valence electrons. The number of rotatable bonds is 7. The average Bonchev–Trinajstić information content (AvgIpc) is 2.65. The maximum Gasteiger partial charge on any atom is 0.126 e. The summed E-state index contributed by atoms with van der Waals surface area (Å²) in [4.78, 5) is 0. The van der Waals surface area contributed by atoms with Gasteiger partial charge in [-0.1, -0.05) is 57.9 Å². The Hall–Kier alpha value is -1.18. The second kappa shape index (κ2) is 9.67. The molecule has 1 unspecified atom stereocenters. The first kappa shape index (κ1) is 19.6. The number of unbranched alkanes of at least 4 members (excludes halogenated alkanes) is 3. The molecule has 0 bridgehead atoms. The van der Waals surface area contributed by atoms with E-state index in [0.717, 1.165) is 47.8 Å². The average molecular weight is 361 g/mol. The first-order valence-corrected chi connectivity index (χ1v) is 10.8. The van der Waals surface area contributed by atoms with Gasteiger partial charge in [0, 0.05) is 6.07 Å². The van der Waals surface area contributed by atoms with Gasteiger partial charge in [-0.15, -0.1) is 0 Å². The molecule has 2 aliphatic rings. The number of halogens is 2. The first-order valence-electron chi connectivity index (χ1n) is 10.8. The summed E-state index contributed by atoms with van der Waals surface area (Å²) < 4.78 is 26.9. The molecular formula is C24H34F2. The highest BCUT2D eigenvalue weighted by molar-refractivity contribution is 5.66. The van der Waals surface area contributed by atoms with Gasteiger partial charge in [0.15, 0.2) is 0 Å². The highest BCUT2D eigenvalue weighted by Crippen LogP contribution is 2.42. The van der Waals surface area contributed by atoms with Crippen LogP contribution in [0.15, 0.2) is 24.3 Å². The van der Waals surface area contributed by atoms with Crippen LogP contribution in [0.1, 0.15) is 89.5 Å². The van der Waals surface area contributed by atoms with E-state index in [1.807, 2.05) is 0 Å². The van der Waals surface area contributed by atoms with Crippen molar-refractivity contribution in [2.45, 2.75) is 84.0 Å². The van der Waals surface area contributed by atoms with E-state index in [2.05, 4.69) is 13.0 Å². The summed E-state index contributed by atoms with van der Waals surface area (Å²) in [5.74, 6) is 1.66. The lowest BCUT2D eigenvalue weighted by molar-refractivity contribution is 0.187. The minimum atomic E-state index is -0.472. The van der Waals surface area contributed by atoms with Crippen LogP contribution in [0.2, 0.25) is 0 Å². The van der Waals surface area contributed by atoms with Crippen molar-refractivity contribution in [3.05, 3.63) is 41.5 Å². The lowest BCUT2D eigenvalue weighted by atomic mass is 9.70. The summed E-state index contributed by atoms with van der Waals surface area (Å²) in [7, 11) is 0. The number of hydrogen-bond donors (Lipinski definition) is 0. The zero-order valence-corrected chi connectivity index (χ0v) is 16.3. The van der Waals surface area contributed by atoms with E-state index in [0.29, 0.717) is 0 Å². The molecule has 0 aliphatic heterocycles. The largest absolute Gasteiger partial charge is 0.207 e. The Labute approximate surface area is 158 Å². The quantitative estimate of drug-likeness (QED) is 0.433. The van der Waals surface area contributed by atoms with Crippen molar-refractivity contribution in [3.8, 4) is 0 Å². The van der Waals surface area contributed by atoms with Gasteiger partial charge >= 0.3 is 0 Å². The monoisotopic (exact) mass is 360 g/mol. The fourth-order valence-corrected chi connectivity index (χ4v) is 5.09. The van der Waals surface area contributed by atoms with Crippen LogP contribution in [0, 0.1) is 29.4 Å². The lowest BCUT2D eigenvalue weighted by Crippen LogP contribution is -2.23. The summed E-state index contributed by atoms with van der Waals surface area (Å²) in [6.45, 7) is 2.28. The van der Waals surface area contributed by atoms with Crippen molar-refractivity contribution in [2.24, 2.45) is 17.8 Å². The molecule has 1 fully saturated rings. The second-order valence-corrected chi connectivity index (χ2v) is 8.55. The van der Waals surface area contributed by atoms with E-state index in [9.17, 15) is 8.78 Å². The maximum absolute atomic E-state index is 13.5. The molecule has 0 heterocycles. The van der Waals surface area contributed by atoms with Crippen molar-refractivity contribution in [2.75, 3.05) is 0 Å². The van der Waals surface area contributed by atoms with Crippen LogP contribution in [0.5, 0.6) is 0 Å². The number of allylic oxidation sites excluding steroid dienone is 2. The summed E-state index contributed by atoms with van der Waals surface area (Å²) in [6.07, 6.45) is 18.1. The van der Waals surface area contributed by atoms with Gasteiger partial charge in [-0.05, 0) is 73.1 Å². The molecule has 0 nitrogen and oxygen atoms in total. The van der Waals surface area contributed by atoms with Crippen molar-refractivity contribution in [1.29, 1.82) is 0 Å². The molecular weight excluding hydrogens is 326 g/mol. The summed E-state index contributed by atoms with van der Waals surface area (Å²) >= 11 is 0. The Morgan fingerprint density at radius 1 is 0.846 bits per heavy atom. The molecule has 26 heavy (non-hydrogen) atoms. The Balaban J connectivity index is 1.46. The maximum atomic E-state index is 13.5. The van der Waals surface area contributed by atoms with Gasteiger partial charge in [-0.25, -0.2) is 8.78 Å². The molecule has 2 heteroatoms. The van der Waals surface area contributed by atoms with Crippen LogP contribution >= 0.6 is 0 Å². The molecule has 0 saturated heterocycles. The second-order valence-electron chi connectivity index (χ2n) is 8.55. The van der Waals surface area contributed by atoms with Gasteiger partial charge in [0.25, 0.3) is 0 Å². The van der Waals surface area contributed by atoms with Crippen molar-refractivity contribution in [1.82, 2.24) is 0 Å². The molecule has 2 aliphatic carbocycles. The topological polar surface area (TPSA) is 0 Å². The van der Waals surface area contributed by atoms with Crippen molar-refractivity contribution >= 4 is 5.57 Å². The Morgan fingerprint density at radius 3 is 2.19 bits per heavy atom. The van der Waals surface area contributed by atoms with Crippen LogP contribution in [-0.2, 0) is 0 Å². The van der Waals surface area contributed by atoms with Crippen LogP contribution < -0.4 is 0 Å². The van der Waals surface area contributed by atoms with Crippen molar-refractivity contribution < 1.29 is 8.78 Å². The van der Waals surface area contributed by atoms with Crippen LogP contribution in [0.3, 0.4) is 0 Å². The van der Waals surface area contributed by atoms with E-state index in [-0.39, 0.29) is 0 Å². The molecule has 0 amide bonds. The molecule has 1 atom stereocenters. The normalized spacial score (nSPS) is 26.6. The molecule has 0 aromatic heterocycles. The van der Waals surface area contributed by atoms with Gasteiger partial charge < -0.3 is 0 Å². The van der Waals surface area contributed by atoms with Gasteiger partial charge in [-0.3, -0.25) is 0 Å². The molecule has 3 rings (SSSR count). The van der Waals surface area contributed by atoms with Gasteiger partial charge in [0.1, 0.15) is 11.6 Å². The third-order valence-corrected chi connectivity index (χ3v) is 6.71. The Bertz CT molecular complexity index is 576. The van der Waals surface area contributed by atoms with Gasteiger partial charge in [0.2, 0.25) is 0 Å². The van der Waals surface area contributed by atoms with E-state index in [1.54, 1.807) is 0 Å². The predicted octanol–water partition coefficient (Wildman–Crippen LogP) is 7.93. The van der Waals surface area contributed by atoms with Crippen LogP contribution in [0.25, 0.3) is 5.57 Å². The number of hydrogen-bond acceptors (Lipinski definition) is 0. The van der Waals surface area contributed by atoms with E-state index in [1.165, 1.54) is 76.3 Å². The van der Waals surface area contributed by atoms with E-state index >= 15 is 0 Å². The lowest BCUT2D eigenvalue weighted by Gasteiger charge is -2.35. The third kappa shape index (κ3) is 5.41. The highest BCUT2D eigenvalue weighted by atomic mass is 19.1. The molecule has 1 saturated carbocycles. The molecule has 1 aromatic rings. The summed E-state index contributed by atoms with van der Waals surface area (Å²) in [6, 6.07) is 3.90. The summed E-state index contributed by atoms with van der Waals surface area (Å²) in [5.41, 5.74) is 1.86. The number of benzene rings is 1. The predicted molar refractivity (Wildman–Crippen MR) is 106 cm³/mol. The molecule has 0 N–H and O–H groups in total. The first-order chi connectivity index (χ1) is 12.7. The molecule has 1 aromatic carbocycles. The zero-order chi connectivity index (χ0) is 18.4. The molecule has 0 radical (unpaired) electrons. The van der Waals surface area contributed by atoms with E-state index < -0.39 is 11.6 Å². The molecule has 0 spiro atoms. The fourth-order valence-electron chi connectivity index (χ4n) is 5.09. The van der Waals surface area contributed by atoms with Crippen LogP contribution in [-0.4, -0.2) is 0 Å². The minimum absolute atomic E-state index is 0.472. The standard InChI is InChI=1S/C24H34F2/c1-2-3-4-5-6-18-7-9-19(10-8-18)20-11-13-21(14-12-20)22-15-23(25)17-24(26)16-22/h13,15-20H,2-12,14H2,1H3. The zero-order valence-electron chi connectivity index (χ0n) is 16.3. The van der Waals surface area contributed by atoms with Gasteiger partial charge in [-0.2, -0.15) is 0 Å². The van der Waals surface area contributed by atoms with Crippen molar-refractivity contribution in [3.63, 3.8) is 0 Å². The summed E-state index contributed by atoms with van der Waals surface area (Å²) in [5, 5.41) is 0. The third-order valence-electron chi connectivity index (χ3n) is 6.71. The Morgan fingerprint density at radius 2 is 1.58 bits per heavy atom. The Kier molecular flexibility index (Phi) is 7.28. The SMILES string of the molecule is CCCCCCC1CCC(C2CC=C(c3cc(F)cc(F)c3)CC2)CC1. The van der Waals surface area contributed by atoms with Gasteiger partial charge in [0.05, 0.1) is 0 Å². The van der Waals surface area contributed by atoms with E-state index in [4.69, 9.17) is 0 Å². The van der Waals surface area contributed by atoms with Crippen LogP contribution in [0.4, 0.5) is 8.78 Å². The fraction of sp³-hybridized carbons (Fsp3) is 0.667. The highest BCUT2D eigenvalue weighted by Gasteiger charge is 2.28.